The van der Waals surface area contributed by atoms with Gasteiger partial charge in [0.2, 0.25) is 0 Å². The fourth-order valence-electron chi connectivity index (χ4n) is 3.17. The van der Waals surface area contributed by atoms with Crippen LogP contribution in [-0.2, 0) is 0 Å². The van der Waals surface area contributed by atoms with Gasteiger partial charge in [0.05, 0.1) is 16.8 Å². The van der Waals surface area contributed by atoms with Crippen molar-refractivity contribution in [2.24, 2.45) is 0 Å². The minimum atomic E-state index is -0.444. The molecule has 0 saturated carbocycles. The van der Waals surface area contributed by atoms with Gasteiger partial charge in [0.1, 0.15) is 0 Å². The molecule has 1 aliphatic carbocycles. The van der Waals surface area contributed by atoms with E-state index < -0.39 is 11.7 Å². The second kappa shape index (κ2) is 6.78. The summed E-state index contributed by atoms with van der Waals surface area (Å²) in [6.45, 7) is 0. The number of ketones is 2. The van der Waals surface area contributed by atoms with E-state index in [2.05, 4.69) is 5.32 Å². The maximum atomic E-state index is 13.1. The standard InChI is InChI=1S/C21H12Cl2N2O3/c22-11-3-1-10(2-4-11)21(28)25-16-8-7-15(24)17-18(16)20(27)14-9-12(23)5-6-13(14)19(17)26/h1-9H,24H2,(H,25,28). The second-order valence-electron chi connectivity index (χ2n) is 6.26. The number of nitrogen functional groups attached to an aromatic ring is 1. The Balaban J connectivity index is 1.82. The van der Waals surface area contributed by atoms with Gasteiger partial charge in [-0.25, -0.2) is 0 Å². The first-order valence-electron chi connectivity index (χ1n) is 8.25. The molecule has 0 atom stereocenters. The Hall–Kier alpha value is -3.15. The SMILES string of the molecule is Nc1ccc(NC(=O)c2ccc(Cl)cc2)c2c1C(=O)c1ccc(Cl)cc1C2=O. The molecule has 3 aromatic rings. The predicted molar refractivity (Wildman–Crippen MR) is 109 cm³/mol. The van der Waals surface area contributed by atoms with Gasteiger partial charge >= 0.3 is 0 Å². The van der Waals surface area contributed by atoms with Crippen molar-refractivity contribution in [2.45, 2.75) is 0 Å². The highest BCUT2D eigenvalue weighted by Gasteiger charge is 2.34. The zero-order valence-corrected chi connectivity index (χ0v) is 15.8. The summed E-state index contributed by atoms with van der Waals surface area (Å²) in [7, 11) is 0. The number of nitrogens with two attached hydrogens (primary N) is 1. The summed E-state index contributed by atoms with van der Waals surface area (Å²) < 4.78 is 0. The molecule has 0 spiro atoms. The third kappa shape index (κ3) is 2.95. The van der Waals surface area contributed by atoms with Gasteiger partial charge < -0.3 is 11.1 Å². The van der Waals surface area contributed by atoms with Crippen molar-refractivity contribution >= 4 is 52.1 Å². The molecule has 7 heteroatoms. The van der Waals surface area contributed by atoms with Gasteiger partial charge in [0.25, 0.3) is 5.91 Å². The number of carbonyl (C=O) groups is 3. The van der Waals surface area contributed by atoms with E-state index in [0.29, 0.717) is 15.6 Å². The number of hydrogen-bond donors (Lipinski definition) is 2. The molecule has 28 heavy (non-hydrogen) atoms. The molecule has 5 nitrogen and oxygen atoms in total. The lowest BCUT2D eigenvalue weighted by molar-refractivity contribution is 0.0979. The first kappa shape index (κ1) is 18.2. The summed E-state index contributed by atoms with van der Waals surface area (Å²) in [5.74, 6) is -1.26. The van der Waals surface area contributed by atoms with Gasteiger partial charge in [-0.05, 0) is 54.6 Å². The zero-order chi connectivity index (χ0) is 20.0. The van der Waals surface area contributed by atoms with Gasteiger partial charge in [-0.15, -0.1) is 0 Å². The Bertz CT molecular complexity index is 1170. The fourth-order valence-corrected chi connectivity index (χ4v) is 3.47. The molecule has 3 aromatic carbocycles. The maximum Gasteiger partial charge on any atom is 0.255 e. The number of carbonyl (C=O) groups excluding carboxylic acids is 3. The van der Waals surface area contributed by atoms with Crippen LogP contribution in [0.5, 0.6) is 0 Å². The normalized spacial score (nSPS) is 12.4. The minimum Gasteiger partial charge on any atom is -0.398 e. The molecule has 0 radical (unpaired) electrons. The van der Waals surface area contributed by atoms with Crippen molar-refractivity contribution in [1.29, 1.82) is 0 Å². The van der Waals surface area contributed by atoms with Crippen LogP contribution >= 0.6 is 23.2 Å². The van der Waals surface area contributed by atoms with Crippen LogP contribution in [0.25, 0.3) is 0 Å². The van der Waals surface area contributed by atoms with Crippen molar-refractivity contribution in [3.05, 3.63) is 92.5 Å². The number of halogens is 2. The van der Waals surface area contributed by atoms with Gasteiger partial charge in [-0.1, -0.05) is 23.2 Å². The Morgan fingerprint density at radius 3 is 2.14 bits per heavy atom. The molecule has 0 aliphatic heterocycles. The van der Waals surface area contributed by atoms with E-state index >= 15 is 0 Å². The molecule has 0 fully saturated rings. The number of rotatable bonds is 2. The molecule has 1 amide bonds. The third-order valence-electron chi connectivity index (χ3n) is 4.52. The van der Waals surface area contributed by atoms with Crippen LogP contribution in [0.15, 0.2) is 54.6 Å². The van der Waals surface area contributed by atoms with Crippen LogP contribution in [-0.4, -0.2) is 17.5 Å². The van der Waals surface area contributed by atoms with E-state index in [1.54, 1.807) is 30.3 Å². The van der Waals surface area contributed by atoms with E-state index in [4.69, 9.17) is 28.9 Å². The van der Waals surface area contributed by atoms with E-state index in [9.17, 15) is 14.4 Å². The van der Waals surface area contributed by atoms with Gasteiger partial charge in [0, 0.05) is 32.4 Å². The molecule has 3 N–H and O–H groups in total. The maximum absolute atomic E-state index is 13.1. The zero-order valence-electron chi connectivity index (χ0n) is 14.3. The molecule has 0 heterocycles. The van der Waals surface area contributed by atoms with E-state index in [-0.39, 0.29) is 39.4 Å². The summed E-state index contributed by atoms with van der Waals surface area (Å²) >= 11 is 11.8. The van der Waals surface area contributed by atoms with Crippen LogP contribution in [0.3, 0.4) is 0 Å². The molecule has 138 valence electrons. The van der Waals surface area contributed by atoms with Gasteiger partial charge in [-0.2, -0.15) is 0 Å². The topological polar surface area (TPSA) is 89.3 Å². The molecule has 0 unspecified atom stereocenters. The first-order chi connectivity index (χ1) is 13.4. The van der Waals surface area contributed by atoms with Crippen LogP contribution in [0.2, 0.25) is 10.0 Å². The van der Waals surface area contributed by atoms with Crippen molar-refractivity contribution in [3.8, 4) is 0 Å². The van der Waals surface area contributed by atoms with E-state index in [0.717, 1.165) is 0 Å². The molecule has 0 saturated heterocycles. The lowest BCUT2D eigenvalue weighted by atomic mass is 9.82. The summed E-state index contributed by atoms with van der Waals surface area (Å²) in [5.41, 5.74) is 7.25. The lowest BCUT2D eigenvalue weighted by Crippen LogP contribution is -2.25. The quantitative estimate of drug-likeness (QED) is 0.472. The molecule has 4 rings (SSSR count). The highest BCUT2D eigenvalue weighted by molar-refractivity contribution is 6.35. The number of hydrogen-bond acceptors (Lipinski definition) is 4. The average molecular weight is 411 g/mol. The minimum absolute atomic E-state index is 0.0575. The van der Waals surface area contributed by atoms with Gasteiger partial charge in [-0.3, -0.25) is 14.4 Å². The van der Waals surface area contributed by atoms with Gasteiger partial charge in [0.15, 0.2) is 11.6 Å². The summed E-state index contributed by atoms with van der Waals surface area (Å²) in [4.78, 5) is 38.6. The number of benzene rings is 3. The van der Waals surface area contributed by atoms with E-state index in [1.807, 2.05) is 0 Å². The molecule has 0 bridgehead atoms. The summed E-state index contributed by atoms with van der Waals surface area (Å²) in [6.07, 6.45) is 0. The Labute approximate surface area is 170 Å². The van der Waals surface area contributed by atoms with E-state index in [1.165, 1.54) is 24.3 Å². The number of anilines is 2. The third-order valence-corrected chi connectivity index (χ3v) is 5.00. The van der Waals surface area contributed by atoms with Crippen LogP contribution in [0.1, 0.15) is 42.2 Å². The lowest BCUT2D eigenvalue weighted by Gasteiger charge is -2.22. The van der Waals surface area contributed by atoms with Crippen LogP contribution in [0.4, 0.5) is 11.4 Å². The predicted octanol–water partition coefficient (Wildman–Crippen LogP) is 4.60. The molecule has 1 aliphatic rings. The van der Waals surface area contributed by atoms with Crippen LogP contribution in [0, 0.1) is 0 Å². The molecular weight excluding hydrogens is 399 g/mol. The highest BCUT2D eigenvalue weighted by atomic mass is 35.5. The highest BCUT2D eigenvalue weighted by Crippen LogP contribution is 2.36. The molecular formula is C21H12Cl2N2O3. The van der Waals surface area contributed by atoms with Crippen LogP contribution < -0.4 is 11.1 Å². The largest absolute Gasteiger partial charge is 0.398 e. The Morgan fingerprint density at radius 1 is 0.786 bits per heavy atom. The van der Waals surface area contributed by atoms with Crippen molar-refractivity contribution in [1.82, 2.24) is 0 Å². The smallest absolute Gasteiger partial charge is 0.255 e. The van der Waals surface area contributed by atoms with Crippen molar-refractivity contribution in [3.63, 3.8) is 0 Å². The number of amides is 1. The average Bonchev–Trinajstić information content (AvgIpc) is 2.67. The monoisotopic (exact) mass is 410 g/mol. The summed E-state index contributed by atoms with van der Waals surface area (Å²) in [5, 5.41) is 3.51. The Kier molecular flexibility index (Phi) is 4.41. The number of nitrogens with one attached hydrogen (secondary N) is 1. The van der Waals surface area contributed by atoms with Crippen molar-refractivity contribution < 1.29 is 14.4 Å². The molecule has 0 aromatic heterocycles. The number of fused-ring (bicyclic) bond motifs is 2. The first-order valence-corrected chi connectivity index (χ1v) is 9.01. The second-order valence-corrected chi connectivity index (χ2v) is 7.13. The summed E-state index contributed by atoms with van der Waals surface area (Å²) in [6, 6.07) is 13.8. The fraction of sp³-hybridized carbons (Fsp3) is 0. The van der Waals surface area contributed by atoms with Crippen molar-refractivity contribution in [2.75, 3.05) is 11.1 Å². The Morgan fingerprint density at radius 2 is 1.43 bits per heavy atom.